The Morgan fingerprint density at radius 1 is 1.28 bits per heavy atom. The molecule has 4 heteroatoms. The van der Waals surface area contributed by atoms with Crippen LogP contribution in [0.3, 0.4) is 0 Å². The predicted molar refractivity (Wildman–Crippen MR) is 73.3 cm³/mol. The van der Waals surface area contributed by atoms with Gasteiger partial charge >= 0.3 is 6.16 Å². The van der Waals surface area contributed by atoms with Crippen LogP contribution in [0.1, 0.15) is 41.5 Å². The summed E-state index contributed by atoms with van der Waals surface area (Å²) in [7, 11) is 1.83. The highest BCUT2D eigenvalue weighted by Gasteiger charge is 2.39. The second-order valence-electron chi connectivity index (χ2n) is 5.91. The van der Waals surface area contributed by atoms with E-state index in [9.17, 15) is 4.79 Å². The molecule has 0 bridgehead atoms. The van der Waals surface area contributed by atoms with Crippen molar-refractivity contribution in [3.8, 4) is 0 Å². The van der Waals surface area contributed by atoms with Gasteiger partial charge in [0.25, 0.3) is 0 Å². The summed E-state index contributed by atoms with van der Waals surface area (Å²) in [4.78, 5) is 11.6. The maximum atomic E-state index is 11.6. The van der Waals surface area contributed by atoms with Crippen molar-refractivity contribution in [1.29, 1.82) is 0 Å². The van der Waals surface area contributed by atoms with E-state index in [2.05, 4.69) is 5.32 Å². The van der Waals surface area contributed by atoms with Crippen LogP contribution in [0, 0.1) is 11.3 Å². The number of rotatable bonds is 6. The van der Waals surface area contributed by atoms with Crippen molar-refractivity contribution in [2.75, 3.05) is 13.7 Å². The molecular weight excluding hydrogens is 230 g/mol. The molecule has 0 aromatic heterocycles. The first-order valence-electron chi connectivity index (χ1n) is 6.33. The molecule has 0 radical (unpaired) electrons. The summed E-state index contributed by atoms with van der Waals surface area (Å²) in [6.07, 6.45) is 3.20. The Morgan fingerprint density at radius 2 is 1.83 bits per heavy atom. The summed E-state index contributed by atoms with van der Waals surface area (Å²) in [6, 6.07) is 0. The van der Waals surface area contributed by atoms with Crippen LogP contribution >= 0.6 is 0 Å². The molecule has 0 aliphatic heterocycles. The average molecular weight is 257 g/mol. The van der Waals surface area contributed by atoms with E-state index in [1.54, 1.807) is 0 Å². The fraction of sp³-hybridized carbons (Fsp3) is 0.786. The van der Waals surface area contributed by atoms with Gasteiger partial charge in [-0.3, -0.25) is 0 Å². The molecule has 0 unspecified atom stereocenters. The van der Waals surface area contributed by atoms with Gasteiger partial charge < -0.3 is 14.8 Å². The molecule has 0 amide bonds. The number of carbonyl (C=O) groups is 1. The molecule has 0 saturated heterocycles. The molecule has 0 aliphatic rings. The monoisotopic (exact) mass is 257 g/mol. The lowest BCUT2D eigenvalue weighted by Gasteiger charge is -2.38. The molecule has 1 N–H and O–H groups in total. The second-order valence-corrected chi connectivity index (χ2v) is 5.91. The maximum absolute atomic E-state index is 11.6. The molecule has 0 rings (SSSR count). The topological polar surface area (TPSA) is 47.6 Å². The lowest BCUT2D eigenvalue weighted by Crippen LogP contribution is -2.42. The van der Waals surface area contributed by atoms with Crippen molar-refractivity contribution >= 4 is 6.16 Å². The van der Waals surface area contributed by atoms with Crippen LogP contribution in [0.5, 0.6) is 0 Å². The van der Waals surface area contributed by atoms with E-state index in [0.29, 0.717) is 12.5 Å². The Kier molecular flexibility index (Phi) is 6.22. The molecule has 18 heavy (non-hydrogen) atoms. The summed E-state index contributed by atoms with van der Waals surface area (Å²) in [6.45, 7) is 12.1. The van der Waals surface area contributed by atoms with Gasteiger partial charge in [0.15, 0.2) is 0 Å². The van der Waals surface area contributed by atoms with Crippen LogP contribution in [0.25, 0.3) is 0 Å². The van der Waals surface area contributed by atoms with Gasteiger partial charge in [0.2, 0.25) is 0 Å². The minimum Gasteiger partial charge on any atom is -0.434 e. The van der Waals surface area contributed by atoms with E-state index in [-0.39, 0.29) is 5.41 Å². The van der Waals surface area contributed by atoms with Crippen LogP contribution in [0.4, 0.5) is 4.79 Å². The number of ether oxygens (including phenoxy) is 2. The van der Waals surface area contributed by atoms with Gasteiger partial charge in [-0.2, -0.15) is 0 Å². The Bertz CT molecular complexity index is 293. The first-order chi connectivity index (χ1) is 8.12. The highest BCUT2D eigenvalue weighted by molar-refractivity contribution is 5.60. The van der Waals surface area contributed by atoms with Crippen molar-refractivity contribution < 1.29 is 14.3 Å². The zero-order chi connectivity index (χ0) is 14.4. The zero-order valence-corrected chi connectivity index (χ0v) is 12.7. The van der Waals surface area contributed by atoms with Crippen LogP contribution in [0.15, 0.2) is 12.3 Å². The van der Waals surface area contributed by atoms with E-state index in [1.165, 1.54) is 0 Å². The Hall–Kier alpha value is -1.19. The van der Waals surface area contributed by atoms with Gasteiger partial charge in [-0.05, 0) is 26.0 Å². The van der Waals surface area contributed by atoms with Crippen LogP contribution in [-0.2, 0) is 9.47 Å². The molecule has 0 aromatic carbocycles. The van der Waals surface area contributed by atoms with E-state index >= 15 is 0 Å². The van der Waals surface area contributed by atoms with Gasteiger partial charge in [-0.15, -0.1) is 0 Å². The Morgan fingerprint density at radius 3 is 2.28 bits per heavy atom. The minimum atomic E-state index is -0.644. The number of hydrogen-bond acceptors (Lipinski definition) is 4. The van der Waals surface area contributed by atoms with Gasteiger partial charge in [0, 0.05) is 12.5 Å². The van der Waals surface area contributed by atoms with Crippen LogP contribution < -0.4 is 5.32 Å². The first-order valence-corrected chi connectivity index (χ1v) is 6.33. The van der Waals surface area contributed by atoms with Crippen LogP contribution in [0.2, 0.25) is 0 Å². The van der Waals surface area contributed by atoms with E-state index < -0.39 is 11.8 Å². The Labute approximate surface area is 111 Å². The summed E-state index contributed by atoms with van der Waals surface area (Å²) >= 11 is 0. The van der Waals surface area contributed by atoms with Gasteiger partial charge in [-0.25, -0.2) is 4.79 Å². The predicted octanol–water partition coefficient (Wildman–Crippen LogP) is 3.33. The van der Waals surface area contributed by atoms with Crippen molar-refractivity contribution in [2.24, 2.45) is 11.3 Å². The molecular formula is C14H27NO3. The summed E-state index contributed by atoms with van der Waals surface area (Å²) in [5.74, 6) is 0.304. The third-order valence-electron chi connectivity index (χ3n) is 3.09. The summed E-state index contributed by atoms with van der Waals surface area (Å²) < 4.78 is 10.4. The minimum absolute atomic E-state index is 0.299. The third kappa shape index (κ3) is 5.43. The van der Waals surface area contributed by atoms with Gasteiger partial charge in [0.1, 0.15) is 5.60 Å². The van der Waals surface area contributed by atoms with Crippen molar-refractivity contribution in [1.82, 2.24) is 5.32 Å². The SMILES string of the molecule is CN/C=C/C(C)(C)C(C)(C)OC(=O)OCC(C)C. The fourth-order valence-electron chi connectivity index (χ4n) is 1.10. The quantitative estimate of drug-likeness (QED) is 0.741. The third-order valence-corrected chi connectivity index (χ3v) is 3.09. The normalized spacial score (nSPS) is 12.9. The van der Waals surface area contributed by atoms with Crippen molar-refractivity contribution in [2.45, 2.75) is 47.1 Å². The molecule has 0 heterocycles. The maximum Gasteiger partial charge on any atom is 0.508 e. The number of carbonyl (C=O) groups excluding carboxylic acids is 1. The summed E-state index contributed by atoms with van der Waals surface area (Å²) in [5.41, 5.74) is -0.943. The average Bonchev–Trinajstić information content (AvgIpc) is 2.22. The second kappa shape index (κ2) is 6.66. The molecule has 0 aromatic rings. The molecule has 106 valence electrons. The lowest BCUT2D eigenvalue weighted by atomic mass is 9.77. The lowest BCUT2D eigenvalue weighted by molar-refractivity contribution is -0.0642. The van der Waals surface area contributed by atoms with E-state index in [0.717, 1.165) is 0 Å². The molecule has 0 spiro atoms. The van der Waals surface area contributed by atoms with Crippen molar-refractivity contribution in [3.63, 3.8) is 0 Å². The van der Waals surface area contributed by atoms with Gasteiger partial charge in [0.05, 0.1) is 6.61 Å². The summed E-state index contributed by atoms with van der Waals surface area (Å²) in [5, 5.41) is 2.94. The van der Waals surface area contributed by atoms with Crippen molar-refractivity contribution in [3.05, 3.63) is 12.3 Å². The zero-order valence-electron chi connectivity index (χ0n) is 12.7. The molecule has 0 fully saturated rings. The standard InChI is InChI=1S/C14H27NO3/c1-11(2)10-17-12(16)18-14(5,6)13(3,4)8-9-15-7/h8-9,11,15H,10H2,1-7H3/b9-8+. The number of hydrogen-bond donors (Lipinski definition) is 1. The largest absolute Gasteiger partial charge is 0.508 e. The number of nitrogens with one attached hydrogen (secondary N) is 1. The van der Waals surface area contributed by atoms with E-state index in [4.69, 9.17) is 9.47 Å². The molecule has 0 aliphatic carbocycles. The Balaban J connectivity index is 4.53. The smallest absolute Gasteiger partial charge is 0.434 e. The van der Waals surface area contributed by atoms with Crippen LogP contribution in [-0.4, -0.2) is 25.4 Å². The highest BCUT2D eigenvalue weighted by atomic mass is 16.7. The van der Waals surface area contributed by atoms with E-state index in [1.807, 2.05) is 60.9 Å². The van der Waals surface area contributed by atoms with Gasteiger partial charge in [-0.1, -0.05) is 33.8 Å². The molecule has 4 nitrogen and oxygen atoms in total. The first kappa shape index (κ1) is 16.8. The molecule has 0 atom stereocenters. The highest BCUT2D eigenvalue weighted by Crippen LogP contribution is 2.35. The fourth-order valence-corrected chi connectivity index (χ4v) is 1.10. The molecule has 0 saturated carbocycles.